The first-order valence-corrected chi connectivity index (χ1v) is 8.74. The molecule has 2 rings (SSSR count). The zero-order valence-corrected chi connectivity index (χ0v) is 14.3. The van der Waals surface area contributed by atoms with E-state index in [2.05, 4.69) is 54.9 Å². The van der Waals surface area contributed by atoms with E-state index in [4.69, 9.17) is 5.10 Å². The Morgan fingerprint density at radius 2 is 2.05 bits per heavy atom. The highest BCUT2D eigenvalue weighted by molar-refractivity contribution is 7.09. The lowest BCUT2D eigenvalue weighted by Gasteiger charge is -2.16. The number of hydrogen-bond donors (Lipinski definition) is 1. The molecule has 0 aliphatic heterocycles. The summed E-state index contributed by atoms with van der Waals surface area (Å²) >= 11 is 1.73. The van der Waals surface area contributed by atoms with E-state index >= 15 is 0 Å². The van der Waals surface area contributed by atoms with Crippen molar-refractivity contribution in [3.63, 3.8) is 0 Å². The maximum Gasteiger partial charge on any atom is 0.0798 e. The van der Waals surface area contributed by atoms with Gasteiger partial charge in [0.1, 0.15) is 0 Å². The topological polar surface area (TPSA) is 42.7 Å². The van der Waals surface area contributed by atoms with Crippen LogP contribution in [0.4, 0.5) is 0 Å². The summed E-state index contributed by atoms with van der Waals surface area (Å²) in [6.07, 6.45) is 5.30. The Hall–Kier alpha value is -1.20. The summed E-state index contributed by atoms with van der Waals surface area (Å²) < 4.78 is 2.12. The monoisotopic (exact) mass is 306 g/mol. The van der Waals surface area contributed by atoms with Crippen LogP contribution in [0.3, 0.4) is 0 Å². The second kappa shape index (κ2) is 7.71. The number of aryl methyl sites for hydroxylation is 1. The summed E-state index contributed by atoms with van der Waals surface area (Å²) in [5, 5.41) is 8.34. The van der Waals surface area contributed by atoms with E-state index in [1.54, 1.807) is 11.3 Å². The van der Waals surface area contributed by atoms with E-state index in [0.29, 0.717) is 12.1 Å². The van der Waals surface area contributed by atoms with Gasteiger partial charge < -0.3 is 5.32 Å². The van der Waals surface area contributed by atoms with Crippen LogP contribution in [-0.4, -0.2) is 21.3 Å². The third-order valence-electron chi connectivity index (χ3n) is 3.94. The van der Waals surface area contributed by atoms with Crippen LogP contribution in [-0.2, 0) is 6.42 Å². The number of hydrogen-bond acceptors (Lipinski definition) is 4. The molecule has 1 unspecified atom stereocenters. The summed E-state index contributed by atoms with van der Waals surface area (Å²) in [7, 11) is 0. The van der Waals surface area contributed by atoms with Crippen LogP contribution in [0.25, 0.3) is 0 Å². The minimum absolute atomic E-state index is 0.313. The van der Waals surface area contributed by atoms with Crippen LogP contribution in [0, 0.1) is 6.92 Å². The summed E-state index contributed by atoms with van der Waals surface area (Å²) in [5.41, 5.74) is 4.21. The summed E-state index contributed by atoms with van der Waals surface area (Å²) in [5.74, 6) is 0. The van der Waals surface area contributed by atoms with Crippen LogP contribution < -0.4 is 5.32 Å². The smallest absolute Gasteiger partial charge is 0.0798 e. The first-order valence-electron chi connectivity index (χ1n) is 7.86. The molecule has 0 aliphatic carbocycles. The molecule has 0 bridgehead atoms. The molecule has 5 heteroatoms. The molecule has 2 heterocycles. The first kappa shape index (κ1) is 16.2. The lowest BCUT2D eigenvalue weighted by Crippen LogP contribution is -2.23. The Kier molecular flexibility index (Phi) is 5.94. The summed E-state index contributed by atoms with van der Waals surface area (Å²) in [6, 6.07) is 2.98. The number of aromatic nitrogens is 3. The number of likely N-dealkylation sites (N-methyl/N-ethyl adjacent to an activating group) is 1. The third-order valence-corrected chi connectivity index (χ3v) is 4.99. The Labute approximate surface area is 131 Å². The van der Waals surface area contributed by atoms with Gasteiger partial charge in [0, 0.05) is 23.5 Å². The molecule has 2 aromatic rings. The molecule has 0 fully saturated rings. The van der Waals surface area contributed by atoms with E-state index in [0.717, 1.165) is 37.2 Å². The predicted molar refractivity (Wildman–Crippen MR) is 88.8 cm³/mol. The molecule has 1 N–H and O–H groups in total. The Morgan fingerprint density at radius 3 is 2.62 bits per heavy atom. The molecule has 0 spiro atoms. The van der Waals surface area contributed by atoms with E-state index < -0.39 is 0 Å². The number of thiazole rings is 1. The van der Waals surface area contributed by atoms with Crippen LogP contribution in [0.15, 0.2) is 17.8 Å². The lowest BCUT2D eigenvalue weighted by molar-refractivity contribution is 0.422. The van der Waals surface area contributed by atoms with E-state index in [9.17, 15) is 0 Å². The molecule has 0 aliphatic rings. The third kappa shape index (κ3) is 3.92. The molecule has 2 aromatic heterocycles. The molecule has 116 valence electrons. The van der Waals surface area contributed by atoms with Crippen molar-refractivity contribution in [1.82, 2.24) is 20.1 Å². The van der Waals surface area contributed by atoms with Crippen molar-refractivity contribution in [3.05, 3.63) is 34.0 Å². The Bertz CT molecular complexity index is 542. The molecule has 0 radical (unpaired) electrons. The molecular formula is C16H26N4S. The van der Waals surface area contributed by atoms with Crippen molar-refractivity contribution >= 4 is 11.3 Å². The molecular weight excluding hydrogens is 280 g/mol. The lowest BCUT2D eigenvalue weighted by atomic mass is 10.1. The van der Waals surface area contributed by atoms with E-state index in [1.165, 1.54) is 4.88 Å². The highest BCUT2D eigenvalue weighted by Gasteiger charge is 2.17. The maximum absolute atomic E-state index is 4.77. The van der Waals surface area contributed by atoms with Gasteiger partial charge in [0.05, 0.1) is 22.9 Å². The summed E-state index contributed by atoms with van der Waals surface area (Å²) in [6.45, 7) is 9.62. The van der Waals surface area contributed by atoms with Gasteiger partial charge in [-0.2, -0.15) is 5.10 Å². The van der Waals surface area contributed by atoms with E-state index in [1.807, 2.05) is 5.51 Å². The first-order chi connectivity index (χ1) is 10.2. The highest BCUT2D eigenvalue weighted by atomic mass is 32.1. The minimum Gasteiger partial charge on any atom is -0.309 e. The fourth-order valence-corrected chi connectivity index (χ4v) is 3.59. The predicted octanol–water partition coefficient (Wildman–Crippen LogP) is 3.90. The summed E-state index contributed by atoms with van der Waals surface area (Å²) in [4.78, 5) is 5.70. The largest absolute Gasteiger partial charge is 0.309 e. The van der Waals surface area contributed by atoms with Gasteiger partial charge in [0.15, 0.2) is 0 Å². The van der Waals surface area contributed by atoms with Crippen LogP contribution in [0.1, 0.15) is 62.0 Å². The van der Waals surface area contributed by atoms with Crippen LogP contribution in [0.5, 0.6) is 0 Å². The molecule has 0 saturated heterocycles. The van der Waals surface area contributed by atoms with Gasteiger partial charge >= 0.3 is 0 Å². The van der Waals surface area contributed by atoms with Gasteiger partial charge in [-0.15, -0.1) is 11.3 Å². The van der Waals surface area contributed by atoms with Gasteiger partial charge in [0.25, 0.3) is 0 Å². The average molecular weight is 306 g/mol. The second-order valence-corrected chi connectivity index (χ2v) is 6.26. The van der Waals surface area contributed by atoms with Crippen LogP contribution >= 0.6 is 11.3 Å². The molecule has 0 aromatic carbocycles. The number of rotatable bonds is 8. The number of nitrogens with zero attached hydrogens (tertiary/aromatic N) is 3. The molecule has 4 nitrogen and oxygen atoms in total. The average Bonchev–Trinajstić information content (AvgIpc) is 3.09. The van der Waals surface area contributed by atoms with Gasteiger partial charge in [0.2, 0.25) is 0 Å². The van der Waals surface area contributed by atoms with Gasteiger partial charge in [-0.1, -0.05) is 20.8 Å². The highest BCUT2D eigenvalue weighted by Crippen LogP contribution is 2.25. The number of nitrogens with one attached hydrogen (secondary N) is 1. The van der Waals surface area contributed by atoms with Gasteiger partial charge in [-0.25, -0.2) is 4.98 Å². The van der Waals surface area contributed by atoms with Crippen molar-refractivity contribution in [1.29, 1.82) is 0 Å². The molecule has 1 atom stereocenters. The quantitative estimate of drug-likeness (QED) is 0.804. The SMILES string of the molecule is CCNC(Cc1ccn(C(CC)CC)n1)c1scnc1C. The maximum atomic E-state index is 4.77. The van der Waals surface area contributed by atoms with Crippen molar-refractivity contribution < 1.29 is 0 Å². The van der Waals surface area contributed by atoms with Gasteiger partial charge in [-0.05, 0) is 32.4 Å². The fourth-order valence-electron chi connectivity index (χ4n) is 2.71. The Morgan fingerprint density at radius 1 is 1.29 bits per heavy atom. The zero-order valence-electron chi connectivity index (χ0n) is 13.5. The van der Waals surface area contributed by atoms with Crippen molar-refractivity contribution in [2.45, 2.75) is 59.0 Å². The van der Waals surface area contributed by atoms with Gasteiger partial charge in [-0.3, -0.25) is 4.68 Å². The standard InChI is InChI=1S/C16H26N4S/c1-5-14(6-2)20-9-8-13(19-20)10-15(17-7-3)16-12(4)18-11-21-16/h8-9,11,14-15,17H,5-7,10H2,1-4H3. The van der Waals surface area contributed by atoms with Crippen LogP contribution in [0.2, 0.25) is 0 Å². The second-order valence-electron chi connectivity index (χ2n) is 5.37. The normalized spacial score (nSPS) is 13.0. The minimum atomic E-state index is 0.313. The van der Waals surface area contributed by atoms with Crippen molar-refractivity contribution in [2.75, 3.05) is 6.54 Å². The van der Waals surface area contributed by atoms with E-state index in [-0.39, 0.29) is 0 Å². The van der Waals surface area contributed by atoms with Crippen molar-refractivity contribution in [3.8, 4) is 0 Å². The van der Waals surface area contributed by atoms with Crippen molar-refractivity contribution in [2.24, 2.45) is 0 Å². The Balaban J connectivity index is 2.12. The molecule has 0 amide bonds. The molecule has 21 heavy (non-hydrogen) atoms. The molecule has 0 saturated carbocycles. The zero-order chi connectivity index (χ0) is 15.2. The fraction of sp³-hybridized carbons (Fsp3) is 0.625.